The summed E-state index contributed by atoms with van der Waals surface area (Å²) >= 11 is 6.89. The summed E-state index contributed by atoms with van der Waals surface area (Å²) in [6.07, 6.45) is 0. The minimum absolute atomic E-state index is 0.102. The van der Waals surface area contributed by atoms with E-state index in [9.17, 15) is 24.0 Å². The molecular weight excluding hydrogens is 632 g/mol. The van der Waals surface area contributed by atoms with Gasteiger partial charge in [0.2, 0.25) is 23.6 Å². The molecule has 4 amide bonds. The highest BCUT2D eigenvalue weighted by atomic mass is 79.9. The van der Waals surface area contributed by atoms with Gasteiger partial charge >= 0.3 is 5.97 Å². The lowest BCUT2D eigenvalue weighted by atomic mass is 9.43. The number of carbonyl (C=O) groups is 5. The number of allylic oxidation sites excluding steroid dienone is 1. The van der Waals surface area contributed by atoms with Gasteiger partial charge in [0.25, 0.3) is 0 Å². The average molecular weight is 656 g/mol. The molecule has 6 atom stereocenters. The Balaban J connectivity index is 1.57. The summed E-state index contributed by atoms with van der Waals surface area (Å²) in [4.78, 5) is 72.3. The van der Waals surface area contributed by atoms with Gasteiger partial charge < -0.3 is 4.74 Å². The van der Waals surface area contributed by atoms with Crippen molar-refractivity contribution < 1.29 is 28.7 Å². The van der Waals surface area contributed by atoms with Gasteiger partial charge in [-0.25, -0.2) is 14.6 Å². The number of ether oxygens (including phenoxy) is 1. The second kappa shape index (κ2) is 8.96. The highest BCUT2D eigenvalue weighted by molar-refractivity contribution is 9.11. The Labute approximate surface area is 241 Å². The van der Waals surface area contributed by atoms with E-state index >= 15 is 0 Å². The zero-order chi connectivity index (χ0) is 28.0. The van der Waals surface area contributed by atoms with Crippen molar-refractivity contribution in [3.8, 4) is 0 Å². The highest BCUT2D eigenvalue weighted by Gasteiger charge is 2.77. The number of halogens is 2. The summed E-state index contributed by atoms with van der Waals surface area (Å²) in [6.45, 7) is 5.18. The van der Waals surface area contributed by atoms with Crippen LogP contribution in [0.25, 0.3) is 0 Å². The summed E-state index contributed by atoms with van der Waals surface area (Å²) in [7, 11) is 0. The van der Waals surface area contributed by atoms with Crippen LogP contribution in [0.1, 0.15) is 20.8 Å². The van der Waals surface area contributed by atoms with E-state index in [0.29, 0.717) is 25.9 Å². The van der Waals surface area contributed by atoms with Gasteiger partial charge in [-0.05, 0) is 70.0 Å². The Morgan fingerprint density at radius 3 is 1.64 bits per heavy atom. The summed E-state index contributed by atoms with van der Waals surface area (Å²) in [5.41, 5.74) is 0.0907. The van der Waals surface area contributed by atoms with Crippen molar-refractivity contribution in [1.82, 2.24) is 0 Å². The van der Waals surface area contributed by atoms with E-state index in [1.807, 2.05) is 0 Å². The topological polar surface area (TPSA) is 101 Å². The third-order valence-corrected chi connectivity index (χ3v) is 10.2. The minimum atomic E-state index is -1.44. The van der Waals surface area contributed by atoms with E-state index in [2.05, 4.69) is 31.9 Å². The zero-order valence-electron chi connectivity index (χ0n) is 21.3. The first kappa shape index (κ1) is 26.1. The van der Waals surface area contributed by atoms with Crippen molar-refractivity contribution in [2.75, 3.05) is 16.4 Å². The summed E-state index contributed by atoms with van der Waals surface area (Å²) in [5, 5.41) is 0. The Morgan fingerprint density at radius 1 is 0.795 bits per heavy atom. The molecule has 200 valence electrons. The molecule has 2 unspecified atom stereocenters. The number of benzene rings is 2. The molecule has 0 N–H and O–H groups in total. The molecule has 3 fully saturated rings. The highest BCUT2D eigenvalue weighted by Crippen LogP contribution is 2.69. The van der Waals surface area contributed by atoms with Crippen molar-refractivity contribution in [3.63, 3.8) is 0 Å². The van der Waals surface area contributed by atoms with Crippen molar-refractivity contribution in [2.45, 2.75) is 20.8 Å². The lowest BCUT2D eigenvalue weighted by Gasteiger charge is -2.55. The molecule has 10 heteroatoms. The van der Waals surface area contributed by atoms with Crippen LogP contribution in [-0.4, -0.2) is 36.2 Å². The van der Waals surface area contributed by atoms with E-state index in [-0.39, 0.29) is 12.2 Å². The van der Waals surface area contributed by atoms with E-state index < -0.39 is 64.6 Å². The van der Waals surface area contributed by atoms with E-state index in [1.165, 1.54) is 0 Å². The third kappa shape index (κ3) is 3.24. The number of nitrogens with zero attached hydrogens (tertiary/aromatic N) is 2. The van der Waals surface area contributed by atoms with Gasteiger partial charge in [-0.3, -0.25) is 19.2 Å². The first-order valence-electron chi connectivity index (χ1n) is 12.7. The fourth-order valence-corrected chi connectivity index (χ4v) is 8.47. The maximum Gasteiger partial charge on any atom is 0.334 e. The standard InChI is InChI=1S/C29H24Br2N2O6/c1-4-39-28(38)21-13(2)18-19-22(26(36)32(24(19)34)16-11-7-5-9-14(16)30)29(21,3)23-20(18)25(35)33(27(23)37)17-12-8-6-10-15(17)31/h5-12,18-20,22-23H,4H2,1-3H3/t18?,19-,20+,22-,23-,29?/m1/s1. The first-order chi connectivity index (χ1) is 18.6. The second-order valence-corrected chi connectivity index (χ2v) is 12.2. The molecule has 39 heavy (non-hydrogen) atoms. The van der Waals surface area contributed by atoms with Crippen molar-refractivity contribution in [2.24, 2.45) is 35.0 Å². The van der Waals surface area contributed by atoms with E-state index in [1.54, 1.807) is 69.3 Å². The van der Waals surface area contributed by atoms with Crippen LogP contribution < -0.4 is 9.80 Å². The quantitative estimate of drug-likeness (QED) is 0.351. The predicted octanol–water partition coefficient (Wildman–Crippen LogP) is 4.65. The fourth-order valence-electron chi connectivity index (χ4n) is 7.55. The van der Waals surface area contributed by atoms with E-state index in [4.69, 9.17) is 4.74 Å². The maximum absolute atomic E-state index is 14.2. The molecule has 3 aliphatic carbocycles. The predicted molar refractivity (Wildman–Crippen MR) is 148 cm³/mol. The number of rotatable bonds is 4. The number of anilines is 2. The second-order valence-electron chi connectivity index (χ2n) is 10.5. The van der Waals surface area contributed by atoms with Crippen LogP contribution in [0, 0.1) is 35.0 Å². The SMILES string of the molecule is CCOC(=O)C1=C(C)C2[C@H]3C(=O)N(c4ccccc4Br)C(=O)[C@@H]3C1(C)[C@H]1C(=O)N(c3ccccc3Br)C(=O)[C@@H]21. The van der Waals surface area contributed by atoms with Gasteiger partial charge in [-0.1, -0.05) is 36.8 Å². The first-order valence-corrected chi connectivity index (χ1v) is 14.3. The molecule has 5 aliphatic rings. The molecule has 2 heterocycles. The van der Waals surface area contributed by atoms with Crippen LogP contribution in [-0.2, 0) is 28.7 Å². The van der Waals surface area contributed by atoms with Gasteiger partial charge in [0.05, 0.1) is 41.7 Å². The van der Waals surface area contributed by atoms with Crippen LogP contribution >= 0.6 is 31.9 Å². The van der Waals surface area contributed by atoms with E-state index in [0.717, 1.165) is 9.80 Å². The number of amides is 4. The molecule has 0 radical (unpaired) electrons. The van der Waals surface area contributed by atoms with Crippen LogP contribution in [0.3, 0.4) is 0 Å². The van der Waals surface area contributed by atoms with Crippen molar-refractivity contribution >= 4 is 72.8 Å². The van der Waals surface area contributed by atoms with Crippen molar-refractivity contribution in [1.29, 1.82) is 0 Å². The Hall–Kier alpha value is -3.11. The van der Waals surface area contributed by atoms with Gasteiger partial charge in [0.1, 0.15) is 0 Å². The molecule has 2 bridgehead atoms. The number of hydrogen-bond donors (Lipinski definition) is 0. The minimum Gasteiger partial charge on any atom is -0.463 e. The smallest absolute Gasteiger partial charge is 0.334 e. The lowest BCUT2D eigenvalue weighted by Crippen LogP contribution is -2.61. The number of para-hydroxylation sites is 2. The number of hydrogen-bond acceptors (Lipinski definition) is 6. The summed E-state index contributed by atoms with van der Waals surface area (Å²) < 4.78 is 6.54. The zero-order valence-corrected chi connectivity index (χ0v) is 24.5. The molecule has 7 rings (SSSR count). The number of carbonyl (C=O) groups excluding carboxylic acids is 5. The molecular formula is C29H24Br2N2O6. The van der Waals surface area contributed by atoms with Crippen LogP contribution in [0.2, 0.25) is 0 Å². The van der Waals surface area contributed by atoms with Gasteiger partial charge in [0, 0.05) is 25.9 Å². The normalized spacial score (nSPS) is 31.3. The molecule has 1 saturated carbocycles. The molecule has 2 aliphatic heterocycles. The summed E-state index contributed by atoms with van der Waals surface area (Å²) in [5.74, 6) is -7.11. The molecule has 0 spiro atoms. The number of esters is 1. The Kier molecular flexibility index (Phi) is 6.00. The van der Waals surface area contributed by atoms with Gasteiger partial charge in [-0.15, -0.1) is 0 Å². The van der Waals surface area contributed by atoms with Crippen molar-refractivity contribution in [3.05, 3.63) is 68.6 Å². The van der Waals surface area contributed by atoms with Gasteiger partial charge in [-0.2, -0.15) is 0 Å². The fraction of sp³-hybridized carbons (Fsp3) is 0.345. The summed E-state index contributed by atoms with van der Waals surface area (Å²) in [6, 6.07) is 13.8. The molecule has 0 aromatic heterocycles. The van der Waals surface area contributed by atoms with Crippen LogP contribution in [0.15, 0.2) is 68.6 Å². The monoisotopic (exact) mass is 654 g/mol. The van der Waals surface area contributed by atoms with Crippen LogP contribution in [0.5, 0.6) is 0 Å². The average Bonchev–Trinajstić information content (AvgIpc) is 3.31. The lowest BCUT2D eigenvalue weighted by molar-refractivity contribution is -0.155. The molecule has 2 saturated heterocycles. The van der Waals surface area contributed by atoms with Gasteiger partial charge in [0.15, 0.2) is 0 Å². The molecule has 2 aromatic rings. The Morgan fingerprint density at radius 2 is 1.23 bits per heavy atom. The largest absolute Gasteiger partial charge is 0.463 e. The molecule has 2 aromatic carbocycles. The number of imide groups is 2. The third-order valence-electron chi connectivity index (χ3n) is 8.87. The maximum atomic E-state index is 14.2. The molecule has 8 nitrogen and oxygen atoms in total. The van der Waals surface area contributed by atoms with Crippen LogP contribution in [0.4, 0.5) is 11.4 Å². The Bertz CT molecular complexity index is 1440.